The fourth-order valence-corrected chi connectivity index (χ4v) is 3.23. The summed E-state index contributed by atoms with van der Waals surface area (Å²) in [7, 11) is 0. The van der Waals surface area contributed by atoms with Crippen molar-refractivity contribution in [1.29, 1.82) is 0 Å². The molecule has 7 heteroatoms. The minimum Gasteiger partial charge on any atom is -0.399 e. The molecular weight excluding hydrogens is 296 g/mol. The number of aromatic amines is 1. The first kappa shape index (κ1) is 15.1. The monoisotopic (exact) mass is 316 g/mol. The number of aromatic nitrogens is 4. The van der Waals surface area contributed by atoms with E-state index < -0.39 is 0 Å². The lowest BCUT2D eigenvalue weighted by Gasteiger charge is -2.16. The normalized spacial score (nSPS) is 11.8. The average molecular weight is 316 g/mol. The average Bonchev–Trinajstić information content (AvgIpc) is 2.88. The van der Waals surface area contributed by atoms with E-state index in [2.05, 4.69) is 38.9 Å². The van der Waals surface area contributed by atoms with Gasteiger partial charge in [-0.25, -0.2) is 4.98 Å². The quantitative estimate of drug-likeness (QED) is 0.537. The van der Waals surface area contributed by atoms with Crippen LogP contribution in [0.5, 0.6) is 0 Å². The second-order valence-corrected chi connectivity index (χ2v) is 6.16. The number of fused-ring (bicyclic) bond motifs is 3. The van der Waals surface area contributed by atoms with Crippen molar-refractivity contribution >= 4 is 39.5 Å². The van der Waals surface area contributed by atoms with Gasteiger partial charge in [0.25, 0.3) is 0 Å². The van der Waals surface area contributed by atoms with Gasteiger partial charge in [-0.2, -0.15) is 0 Å². The third-order valence-corrected chi connectivity index (χ3v) is 4.57. The Balaban J connectivity index is 1.80. The number of nitrogen functional groups attached to an aromatic ring is 1. The summed E-state index contributed by atoms with van der Waals surface area (Å²) in [6.45, 7) is 7.52. The SMILES string of the molecule is CCN(CC)CCSc1nnc2c(n1)[nH]c1ccc(N)cc12. The molecule has 2 aromatic heterocycles. The predicted molar refractivity (Wildman–Crippen MR) is 92.1 cm³/mol. The van der Waals surface area contributed by atoms with Crippen LogP contribution in [-0.2, 0) is 0 Å². The van der Waals surface area contributed by atoms with E-state index >= 15 is 0 Å². The molecular formula is C15H20N6S. The number of benzene rings is 1. The largest absolute Gasteiger partial charge is 0.399 e. The smallest absolute Gasteiger partial charge is 0.211 e. The molecule has 0 amide bonds. The Bertz CT molecular complexity index is 780. The summed E-state index contributed by atoms with van der Waals surface area (Å²) < 4.78 is 0. The maximum atomic E-state index is 5.83. The van der Waals surface area contributed by atoms with Crippen molar-refractivity contribution in [1.82, 2.24) is 25.1 Å². The Morgan fingerprint density at radius 1 is 1.23 bits per heavy atom. The molecule has 1 aromatic carbocycles. The molecule has 0 saturated heterocycles. The topological polar surface area (TPSA) is 83.7 Å². The van der Waals surface area contributed by atoms with E-state index in [1.54, 1.807) is 11.8 Å². The van der Waals surface area contributed by atoms with E-state index in [-0.39, 0.29) is 0 Å². The van der Waals surface area contributed by atoms with Crippen molar-refractivity contribution in [2.24, 2.45) is 0 Å². The van der Waals surface area contributed by atoms with Crippen molar-refractivity contribution in [2.75, 3.05) is 31.1 Å². The number of rotatable bonds is 6. The first-order valence-electron chi connectivity index (χ1n) is 7.48. The first-order valence-corrected chi connectivity index (χ1v) is 8.46. The van der Waals surface area contributed by atoms with Crippen LogP contribution < -0.4 is 5.73 Å². The Morgan fingerprint density at radius 3 is 2.82 bits per heavy atom. The molecule has 22 heavy (non-hydrogen) atoms. The van der Waals surface area contributed by atoms with Crippen LogP contribution in [0.2, 0.25) is 0 Å². The molecule has 0 spiro atoms. The zero-order valence-electron chi connectivity index (χ0n) is 12.8. The van der Waals surface area contributed by atoms with Gasteiger partial charge in [-0.1, -0.05) is 25.6 Å². The van der Waals surface area contributed by atoms with Gasteiger partial charge in [0.15, 0.2) is 5.65 Å². The summed E-state index contributed by atoms with van der Waals surface area (Å²) in [5.41, 5.74) is 9.07. The predicted octanol–water partition coefficient (Wildman–Crippen LogP) is 2.52. The van der Waals surface area contributed by atoms with Crippen molar-refractivity contribution < 1.29 is 0 Å². The van der Waals surface area contributed by atoms with Crippen LogP contribution in [0.25, 0.3) is 22.1 Å². The summed E-state index contributed by atoms with van der Waals surface area (Å²) in [5.74, 6) is 0.960. The molecule has 6 nitrogen and oxygen atoms in total. The van der Waals surface area contributed by atoms with Crippen LogP contribution in [-0.4, -0.2) is 50.5 Å². The van der Waals surface area contributed by atoms with Crippen LogP contribution in [0.15, 0.2) is 23.4 Å². The Hall–Kier alpha value is -1.86. The lowest BCUT2D eigenvalue weighted by Crippen LogP contribution is -2.25. The summed E-state index contributed by atoms with van der Waals surface area (Å²) in [5, 5.41) is 10.2. The highest BCUT2D eigenvalue weighted by molar-refractivity contribution is 7.99. The highest BCUT2D eigenvalue weighted by Crippen LogP contribution is 2.25. The third kappa shape index (κ3) is 3.00. The lowest BCUT2D eigenvalue weighted by atomic mass is 10.2. The van der Waals surface area contributed by atoms with E-state index in [1.165, 1.54) is 0 Å². The molecule has 0 fully saturated rings. The number of nitrogens with two attached hydrogens (primary N) is 1. The number of nitrogens with zero attached hydrogens (tertiary/aromatic N) is 4. The standard InChI is InChI=1S/C15H20N6S/c1-3-21(4-2)7-8-22-15-18-14-13(19-20-15)11-9-10(16)5-6-12(11)17-14/h5-6,9H,3-4,7-8,16H2,1-2H3,(H,17,18,20). The molecule has 3 rings (SSSR count). The molecule has 2 heterocycles. The number of H-pyrrole nitrogens is 1. The molecule has 0 unspecified atom stereocenters. The summed E-state index contributed by atoms with van der Waals surface area (Å²) in [4.78, 5) is 10.2. The maximum Gasteiger partial charge on any atom is 0.211 e. The highest BCUT2D eigenvalue weighted by Gasteiger charge is 2.10. The Labute approximate surface area is 133 Å². The van der Waals surface area contributed by atoms with Gasteiger partial charge in [-0.3, -0.25) is 0 Å². The number of nitrogens with one attached hydrogen (secondary N) is 1. The molecule has 0 atom stereocenters. The Kier molecular flexibility index (Phi) is 4.44. The summed E-state index contributed by atoms with van der Waals surface area (Å²) in [6.07, 6.45) is 0. The van der Waals surface area contributed by atoms with Gasteiger partial charge < -0.3 is 15.6 Å². The van der Waals surface area contributed by atoms with Crippen LogP contribution in [0, 0.1) is 0 Å². The number of hydrogen-bond donors (Lipinski definition) is 2. The van der Waals surface area contributed by atoms with Gasteiger partial charge in [0.05, 0.1) is 0 Å². The number of hydrogen-bond acceptors (Lipinski definition) is 6. The zero-order chi connectivity index (χ0) is 15.5. The zero-order valence-corrected chi connectivity index (χ0v) is 13.7. The molecule has 0 saturated carbocycles. The molecule has 116 valence electrons. The van der Waals surface area contributed by atoms with E-state index in [1.807, 2.05) is 18.2 Å². The molecule has 0 radical (unpaired) electrons. The molecule has 0 aliphatic carbocycles. The summed E-state index contributed by atoms with van der Waals surface area (Å²) >= 11 is 1.64. The van der Waals surface area contributed by atoms with Gasteiger partial charge in [0.1, 0.15) is 5.52 Å². The van der Waals surface area contributed by atoms with Crippen molar-refractivity contribution in [3.8, 4) is 0 Å². The fourth-order valence-electron chi connectivity index (χ4n) is 2.44. The van der Waals surface area contributed by atoms with E-state index in [4.69, 9.17) is 5.73 Å². The van der Waals surface area contributed by atoms with E-state index in [9.17, 15) is 0 Å². The van der Waals surface area contributed by atoms with E-state index in [0.29, 0.717) is 10.8 Å². The minimum atomic E-state index is 0.708. The molecule has 0 aliphatic heterocycles. The van der Waals surface area contributed by atoms with Gasteiger partial charge >= 0.3 is 0 Å². The fraction of sp³-hybridized carbons (Fsp3) is 0.400. The summed E-state index contributed by atoms with van der Waals surface area (Å²) in [6, 6.07) is 5.71. The number of anilines is 1. The molecule has 0 bridgehead atoms. The van der Waals surface area contributed by atoms with E-state index in [0.717, 1.165) is 47.5 Å². The highest BCUT2D eigenvalue weighted by atomic mass is 32.2. The molecule has 3 N–H and O–H groups in total. The minimum absolute atomic E-state index is 0.708. The van der Waals surface area contributed by atoms with Crippen LogP contribution >= 0.6 is 11.8 Å². The van der Waals surface area contributed by atoms with Gasteiger partial charge in [0.2, 0.25) is 5.16 Å². The van der Waals surface area contributed by atoms with Crippen molar-refractivity contribution in [3.63, 3.8) is 0 Å². The van der Waals surface area contributed by atoms with Crippen LogP contribution in [0.3, 0.4) is 0 Å². The second kappa shape index (κ2) is 6.50. The van der Waals surface area contributed by atoms with Crippen molar-refractivity contribution in [2.45, 2.75) is 19.0 Å². The Morgan fingerprint density at radius 2 is 2.05 bits per heavy atom. The maximum absolute atomic E-state index is 5.83. The van der Waals surface area contributed by atoms with Crippen LogP contribution in [0.1, 0.15) is 13.8 Å². The first-order chi connectivity index (χ1) is 10.7. The van der Waals surface area contributed by atoms with Crippen molar-refractivity contribution in [3.05, 3.63) is 18.2 Å². The number of thioether (sulfide) groups is 1. The molecule has 3 aromatic rings. The lowest BCUT2D eigenvalue weighted by molar-refractivity contribution is 0.324. The van der Waals surface area contributed by atoms with Gasteiger partial charge in [0, 0.05) is 28.9 Å². The third-order valence-electron chi connectivity index (χ3n) is 3.75. The van der Waals surface area contributed by atoms with Gasteiger partial charge in [-0.05, 0) is 31.3 Å². The second-order valence-electron chi connectivity index (χ2n) is 5.10. The van der Waals surface area contributed by atoms with Gasteiger partial charge in [-0.15, -0.1) is 10.2 Å². The molecule has 0 aliphatic rings. The van der Waals surface area contributed by atoms with Crippen LogP contribution in [0.4, 0.5) is 5.69 Å².